The Labute approximate surface area is 116 Å². The minimum atomic E-state index is 0.897. The van der Waals surface area contributed by atoms with Crippen molar-refractivity contribution >= 4 is 16.5 Å². The molecule has 0 aliphatic carbocycles. The van der Waals surface area contributed by atoms with E-state index in [1.807, 2.05) is 18.2 Å². The van der Waals surface area contributed by atoms with E-state index in [-0.39, 0.29) is 0 Å². The van der Waals surface area contributed by atoms with Crippen molar-refractivity contribution in [1.82, 2.24) is 20.1 Å². The smallest absolute Gasteiger partial charge is 0.208 e. The van der Waals surface area contributed by atoms with Gasteiger partial charge >= 0.3 is 0 Å². The SMILES string of the molecule is CCN1CCN(c2nnc(-c3ccccn3)s2)CC1. The molecule has 0 amide bonds. The molecule has 2 aromatic rings. The maximum absolute atomic E-state index is 4.31. The van der Waals surface area contributed by atoms with Gasteiger partial charge in [0, 0.05) is 32.4 Å². The Bertz CT molecular complexity index is 519. The van der Waals surface area contributed by atoms with E-state index in [1.165, 1.54) is 0 Å². The fourth-order valence-corrected chi connectivity index (χ4v) is 3.06. The van der Waals surface area contributed by atoms with Gasteiger partial charge in [-0.2, -0.15) is 0 Å². The molecule has 0 radical (unpaired) electrons. The van der Waals surface area contributed by atoms with Crippen molar-refractivity contribution in [2.75, 3.05) is 37.6 Å². The van der Waals surface area contributed by atoms with Crippen LogP contribution >= 0.6 is 11.3 Å². The van der Waals surface area contributed by atoms with Gasteiger partial charge in [0.2, 0.25) is 5.13 Å². The summed E-state index contributed by atoms with van der Waals surface area (Å²) < 4.78 is 0. The second-order valence-electron chi connectivity index (χ2n) is 4.53. The van der Waals surface area contributed by atoms with Gasteiger partial charge in [-0.15, -0.1) is 10.2 Å². The van der Waals surface area contributed by atoms with Crippen LogP contribution in [0.1, 0.15) is 6.92 Å². The van der Waals surface area contributed by atoms with Gasteiger partial charge in [-0.3, -0.25) is 4.98 Å². The van der Waals surface area contributed by atoms with Crippen LogP contribution in [0.2, 0.25) is 0 Å². The Hall–Kier alpha value is -1.53. The largest absolute Gasteiger partial charge is 0.344 e. The highest BCUT2D eigenvalue weighted by atomic mass is 32.1. The molecule has 0 aromatic carbocycles. The molecule has 2 aromatic heterocycles. The molecule has 0 N–H and O–H groups in total. The van der Waals surface area contributed by atoms with Crippen LogP contribution in [0.3, 0.4) is 0 Å². The third-order valence-electron chi connectivity index (χ3n) is 3.39. The molecule has 1 saturated heterocycles. The monoisotopic (exact) mass is 275 g/mol. The topological polar surface area (TPSA) is 45.2 Å². The summed E-state index contributed by atoms with van der Waals surface area (Å²) in [5.74, 6) is 0. The van der Waals surface area contributed by atoms with E-state index >= 15 is 0 Å². The predicted molar refractivity (Wildman–Crippen MR) is 77.5 cm³/mol. The predicted octanol–water partition coefficient (Wildman–Crippen LogP) is 1.74. The number of rotatable bonds is 3. The molecule has 3 rings (SSSR count). The third kappa shape index (κ3) is 2.74. The lowest BCUT2D eigenvalue weighted by molar-refractivity contribution is 0.271. The van der Waals surface area contributed by atoms with Crippen LogP contribution in [0.15, 0.2) is 24.4 Å². The number of nitrogens with zero attached hydrogens (tertiary/aromatic N) is 5. The first kappa shape index (κ1) is 12.5. The van der Waals surface area contributed by atoms with Crippen LogP contribution in [-0.2, 0) is 0 Å². The van der Waals surface area contributed by atoms with Crippen molar-refractivity contribution in [2.45, 2.75) is 6.92 Å². The maximum atomic E-state index is 4.31. The molecule has 0 unspecified atom stereocenters. The first-order chi connectivity index (χ1) is 9.36. The summed E-state index contributed by atoms with van der Waals surface area (Å²) in [4.78, 5) is 9.09. The van der Waals surface area contributed by atoms with Gasteiger partial charge in [0.15, 0.2) is 5.01 Å². The molecule has 19 heavy (non-hydrogen) atoms. The minimum Gasteiger partial charge on any atom is -0.344 e. The van der Waals surface area contributed by atoms with Gasteiger partial charge in [0.1, 0.15) is 5.69 Å². The molecule has 6 heteroatoms. The van der Waals surface area contributed by atoms with Crippen molar-refractivity contribution < 1.29 is 0 Å². The molecule has 0 saturated carbocycles. The van der Waals surface area contributed by atoms with Gasteiger partial charge < -0.3 is 9.80 Å². The number of hydrogen-bond acceptors (Lipinski definition) is 6. The molecule has 5 nitrogen and oxygen atoms in total. The minimum absolute atomic E-state index is 0.897. The van der Waals surface area contributed by atoms with Crippen molar-refractivity contribution in [3.8, 4) is 10.7 Å². The van der Waals surface area contributed by atoms with Crippen LogP contribution in [0.5, 0.6) is 0 Å². The quantitative estimate of drug-likeness (QED) is 0.854. The van der Waals surface area contributed by atoms with Crippen molar-refractivity contribution in [2.24, 2.45) is 0 Å². The van der Waals surface area contributed by atoms with Crippen LogP contribution in [0.25, 0.3) is 10.7 Å². The summed E-state index contributed by atoms with van der Waals surface area (Å²) in [6.07, 6.45) is 1.79. The Balaban J connectivity index is 1.72. The number of anilines is 1. The summed E-state index contributed by atoms with van der Waals surface area (Å²) in [5.41, 5.74) is 0.901. The van der Waals surface area contributed by atoms with Gasteiger partial charge in [0.05, 0.1) is 0 Å². The van der Waals surface area contributed by atoms with Gasteiger partial charge in [-0.05, 0) is 18.7 Å². The lowest BCUT2D eigenvalue weighted by atomic mass is 10.3. The molecule has 100 valence electrons. The average Bonchev–Trinajstić information content (AvgIpc) is 2.98. The zero-order chi connectivity index (χ0) is 13.1. The van der Waals surface area contributed by atoms with Crippen LogP contribution < -0.4 is 4.90 Å². The lowest BCUT2D eigenvalue weighted by Crippen LogP contribution is -2.46. The summed E-state index contributed by atoms with van der Waals surface area (Å²) >= 11 is 1.62. The summed E-state index contributed by atoms with van der Waals surface area (Å²) in [7, 11) is 0. The molecular formula is C13H17N5S. The second-order valence-corrected chi connectivity index (χ2v) is 5.48. The summed E-state index contributed by atoms with van der Waals surface area (Å²) in [6, 6.07) is 5.86. The molecule has 1 aliphatic rings. The van der Waals surface area contributed by atoms with Crippen LogP contribution in [0, 0.1) is 0 Å². The molecule has 3 heterocycles. The normalized spacial score (nSPS) is 16.8. The highest BCUT2D eigenvalue weighted by Crippen LogP contribution is 2.27. The highest BCUT2D eigenvalue weighted by molar-refractivity contribution is 7.18. The number of hydrogen-bond donors (Lipinski definition) is 0. The lowest BCUT2D eigenvalue weighted by Gasteiger charge is -2.33. The number of likely N-dealkylation sites (N-methyl/N-ethyl adjacent to an activating group) is 1. The zero-order valence-corrected chi connectivity index (χ0v) is 11.8. The summed E-state index contributed by atoms with van der Waals surface area (Å²) in [5, 5.41) is 10.5. The number of aromatic nitrogens is 3. The first-order valence-corrected chi connectivity index (χ1v) is 7.40. The summed E-state index contributed by atoms with van der Waals surface area (Å²) in [6.45, 7) is 7.61. The highest BCUT2D eigenvalue weighted by Gasteiger charge is 2.19. The van der Waals surface area contributed by atoms with Gasteiger partial charge in [0.25, 0.3) is 0 Å². The molecule has 1 fully saturated rings. The zero-order valence-electron chi connectivity index (χ0n) is 11.0. The van der Waals surface area contributed by atoms with Crippen LogP contribution in [0.4, 0.5) is 5.13 Å². The van der Waals surface area contributed by atoms with E-state index in [0.29, 0.717) is 0 Å². The Morgan fingerprint density at radius 1 is 1.16 bits per heavy atom. The molecule has 0 bridgehead atoms. The van der Waals surface area contributed by atoms with E-state index in [2.05, 4.69) is 31.9 Å². The standard InChI is InChI=1S/C13H17N5S/c1-2-17-7-9-18(10-8-17)13-16-15-12(19-13)11-5-3-4-6-14-11/h3-6H,2,7-10H2,1H3. The third-order valence-corrected chi connectivity index (χ3v) is 4.39. The van der Waals surface area contributed by atoms with E-state index in [1.54, 1.807) is 17.5 Å². The number of piperazine rings is 1. The van der Waals surface area contributed by atoms with Gasteiger partial charge in [-0.1, -0.05) is 24.3 Å². The average molecular weight is 275 g/mol. The Kier molecular flexibility index (Phi) is 3.70. The Morgan fingerprint density at radius 2 is 2.00 bits per heavy atom. The van der Waals surface area contributed by atoms with E-state index < -0.39 is 0 Å². The molecule has 0 atom stereocenters. The first-order valence-electron chi connectivity index (χ1n) is 6.59. The molecule has 1 aliphatic heterocycles. The fraction of sp³-hybridized carbons (Fsp3) is 0.462. The van der Waals surface area contributed by atoms with Crippen LogP contribution in [-0.4, -0.2) is 52.8 Å². The number of pyridine rings is 1. The van der Waals surface area contributed by atoms with Crippen molar-refractivity contribution in [1.29, 1.82) is 0 Å². The van der Waals surface area contributed by atoms with Gasteiger partial charge in [-0.25, -0.2) is 0 Å². The van der Waals surface area contributed by atoms with E-state index in [4.69, 9.17) is 0 Å². The van der Waals surface area contributed by atoms with E-state index in [9.17, 15) is 0 Å². The van der Waals surface area contributed by atoms with E-state index in [0.717, 1.165) is 48.6 Å². The second kappa shape index (κ2) is 5.63. The fourth-order valence-electron chi connectivity index (χ4n) is 2.19. The van der Waals surface area contributed by atoms with Crippen molar-refractivity contribution in [3.05, 3.63) is 24.4 Å². The molecular weight excluding hydrogens is 258 g/mol. The Morgan fingerprint density at radius 3 is 2.68 bits per heavy atom. The molecule has 0 spiro atoms. The maximum Gasteiger partial charge on any atom is 0.208 e. The van der Waals surface area contributed by atoms with Crippen molar-refractivity contribution in [3.63, 3.8) is 0 Å².